The van der Waals surface area contributed by atoms with Crippen LogP contribution >= 0.6 is 0 Å². The van der Waals surface area contributed by atoms with Gasteiger partial charge in [0.25, 0.3) is 0 Å². The zero-order chi connectivity index (χ0) is 7.49. The van der Waals surface area contributed by atoms with Crippen LogP contribution in [0.1, 0.15) is 28.2 Å². The predicted octanol–water partition coefficient (Wildman–Crippen LogP) is 2.44. The fraction of sp³-hybridized carbons (Fsp3) is 1.00. The van der Waals surface area contributed by atoms with Gasteiger partial charge >= 0.3 is 0 Å². The summed E-state index contributed by atoms with van der Waals surface area (Å²) in [5.41, 5.74) is -0.0469. The molecule has 1 unspecified atom stereocenters. The molecule has 0 aliphatic carbocycles. The Balaban J connectivity index is -0.000000320. The minimum Gasteiger partial charge on any atom is -0.658 e. The van der Waals surface area contributed by atoms with Crippen molar-refractivity contribution in [1.82, 2.24) is 0 Å². The van der Waals surface area contributed by atoms with Crippen LogP contribution in [0.3, 0.4) is 0 Å². The molecule has 0 aliphatic rings. The van der Waals surface area contributed by atoms with Gasteiger partial charge in [-0.05, 0) is 6.92 Å². The first kappa shape index (κ1) is 17.9. The van der Waals surface area contributed by atoms with Gasteiger partial charge in [0.1, 0.15) is 0 Å². The van der Waals surface area contributed by atoms with Crippen molar-refractivity contribution < 1.29 is 37.4 Å². The maximum Gasteiger partial charge on any atom is 0.0406 e. The van der Waals surface area contributed by atoms with E-state index in [0.717, 1.165) is 0 Å². The topological polar surface area (TPSA) is 23.3 Å². The van der Waals surface area contributed by atoms with Gasteiger partial charge in [0.05, 0.1) is 0 Å². The first-order valence-electron chi connectivity index (χ1n) is 3.18. The molecule has 0 bridgehead atoms. The van der Waals surface area contributed by atoms with E-state index in [2.05, 4.69) is 19.2 Å². The summed E-state index contributed by atoms with van der Waals surface area (Å²) in [5.74, 6) is 0. The molecule has 67 valence electrons. The third-order valence-corrected chi connectivity index (χ3v) is 1.92. The van der Waals surface area contributed by atoms with Crippen LogP contribution < -0.4 is 0 Å². The molecule has 0 saturated carbocycles. The molecule has 0 spiro atoms. The third-order valence-electron chi connectivity index (χ3n) is 1.92. The fourth-order valence-corrected chi connectivity index (χ4v) is 0.470. The molecule has 0 aromatic heterocycles. The Kier molecular flexibility index (Phi) is 12.5. The number of hydrogen-bond donors (Lipinski definition) is 0. The van der Waals surface area contributed by atoms with Crippen molar-refractivity contribution in [2.75, 3.05) is 14.2 Å². The first-order valence-corrected chi connectivity index (χ1v) is 3.18. The second-order valence-electron chi connectivity index (χ2n) is 2.76. The Hall–Kier alpha value is 1.02. The van der Waals surface area contributed by atoms with Crippen molar-refractivity contribution in [2.24, 2.45) is 0 Å². The summed E-state index contributed by atoms with van der Waals surface area (Å²) in [6, 6.07) is 0. The molecule has 3 heteroatoms. The summed E-state index contributed by atoms with van der Waals surface area (Å²) >= 11 is 0. The number of nitrogens with zero attached hydrogens (tertiary/aromatic N) is 1. The minimum atomic E-state index is -0.0469. The Morgan fingerprint density at radius 3 is 1.82 bits per heavy atom. The van der Waals surface area contributed by atoms with Crippen LogP contribution in [0, 0.1) is 0 Å². The number of ether oxygens (including phenoxy) is 1. The maximum absolute atomic E-state index is 5.11. The van der Waals surface area contributed by atoms with E-state index >= 15 is 0 Å². The molecular weight excluding hydrogens is 215 g/mol. The van der Waals surface area contributed by atoms with Crippen LogP contribution in [0.15, 0.2) is 0 Å². The van der Waals surface area contributed by atoms with Gasteiger partial charge in [-0.25, -0.2) is 0 Å². The molecule has 0 saturated heterocycles. The van der Waals surface area contributed by atoms with Gasteiger partial charge in [-0.1, -0.05) is 21.3 Å². The van der Waals surface area contributed by atoms with Gasteiger partial charge in [-0.15, -0.1) is 5.54 Å². The van der Waals surface area contributed by atoms with E-state index in [1.54, 1.807) is 7.11 Å². The molecule has 0 fully saturated rings. The second-order valence-corrected chi connectivity index (χ2v) is 2.76. The Bertz CT molecular complexity index is 86.2. The SMILES string of the molecule is C.C[N-]C(C)(C)C(C)OC.[Y]. The number of likely N-dealkylation sites (N-methyl/N-ethyl adjacent to an activating group) is 1. The second kappa shape index (κ2) is 7.66. The fourth-order valence-electron chi connectivity index (χ4n) is 0.470. The molecule has 0 heterocycles. The van der Waals surface area contributed by atoms with Gasteiger partial charge < -0.3 is 10.1 Å². The molecule has 0 aliphatic heterocycles. The predicted molar refractivity (Wildman–Crippen MR) is 46.6 cm³/mol. The van der Waals surface area contributed by atoms with Crippen LogP contribution in [0.4, 0.5) is 0 Å². The van der Waals surface area contributed by atoms with Gasteiger partial charge in [-0.3, -0.25) is 0 Å². The molecule has 0 amide bonds. The van der Waals surface area contributed by atoms with E-state index in [9.17, 15) is 0 Å². The monoisotopic (exact) mass is 235 g/mol. The van der Waals surface area contributed by atoms with Gasteiger partial charge in [0, 0.05) is 45.9 Å². The standard InChI is InChI=1S/C7H16NO.CH4.Y/c1-6(9-5)7(2,3)8-4;;/h6H,1-5H3;1H4;/q-1;;. The van der Waals surface area contributed by atoms with Crippen molar-refractivity contribution in [3.05, 3.63) is 5.32 Å². The maximum atomic E-state index is 5.11. The van der Waals surface area contributed by atoms with E-state index in [1.807, 2.05) is 14.0 Å². The Labute approximate surface area is 96.3 Å². The molecule has 11 heavy (non-hydrogen) atoms. The van der Waals surface area contributed by atoms with Crippen molar-refractivity contribution in [2.45, 2.75) is 39.8 Å². The number of hydrogen-bond acceptors (Lipinski definition) is 1. The van der Waals surface area contributed by atoms with Crippen molar-refractivity contribution in [3.63, 3.8) is 0 Å². The summed E-state index contributed by atoms with van der Waals surface area (Å²) in [6.45, 7) is 6.13. The van der Waals surface area contributed by atoms with E-state index in [-0.39, 0.29) is 51.8 Å². The average Bonchev–Trinajstić information content (AvgIpc) is 1.86. The number of methoxy groups -OCH3 is 1. The summed E-state index contributed by atoms with van der Waals surface area (Å²) in [6.07, 6.45) is 0.197. The smallest absolute Gasteiger partial charge is 0.0406 e. The zero-order valence-corrected chi connectivity index (χ0v) is 10.3. The van der Waals surface area contributed by atoms with Crippen molar-refractivity contribution in [1.29, 1.82) is 0 Å². The van der Waals surface area contributed by atoms with E-state index in [0.29, 0.717) is 0 Å². The van der Waals surface area contributed by atoms with E-state index in [4.69, 9.17) is 4.74 Å². The third kappa shape index (κ3) is 6.21. The van der Waals surface area contributed by atoms with Crippen LogP contribution in [-0.2, 0) is 37.4 Å². The number of rotatable bonds is 3. The molecule has 2 nitrogen and oxygen atoms in total. The normalized spacial score (nSPS) is 12.8. The Morgan fingerprint density at radius 1 is 1.36 bits per heavy atom. The van der Waals surface area contributed by atoms with Gasteiger partial charge in [0.2, 0.25) is 0 Å². The van der Waals surface area contributed by atoms with Gasteiger partial charge in [-0.2, -0.15) is 7.05 Å². The summed E-state index contributed by atoms with van der Waals surface area (Å²) in [4.78, 5) is 0. The summed E-state index contributed by atoms with van der Waals surface area (Å²) in [7, 11) is 3.52. The van der Waals surface area contributed by atoms with Crippen LogP contribution in [0.2, 0.25) is 0 Å². The first-order chi connectivity index (χ1) is 4.04. The molecule has 1 atom stereocenters. The van der Waals surface area contributed by atoms with Crippen LogP contribution in [0.25, 0.3) is 5.32 Å². The molecule has 0 aromatic rings. The molecule has 0 N–H and O–H groups in total. The largest absolute Gasteiger partial charge is 0.658 e. The minimum absolute atomic E-state index is 0. The van der Waals surface area contributed by atoms with E-state index in [1.165, 1.54) is 0 Å². The molecule has 0 rings (SSSR count). The van der Waals surface area contributed by atoms with E-state index < -0.39 is 0 Å². The van der Waals surface area contributed by atoms with Crippen LogP contribution in [0.5, 0.6) is 0 Å². The quantitative estimate of drug-likeness (QED) is 0.736. The molecule has 1 radical (unpaired) electrons. The summed E-state index contributed by atoms with van der Waals surface area (Å²) < 4.78 is 5.11. The van der Waals surface area contributed by atoms with Crippen molar-refractivity contribution >= 4 is 0 Å². The van der Waals surface area contributed by atoms with Gasteiger partial charge in [0.15, 0.2) is 0 Å². The Morgan fingerprint density at radius 2 is 1.73 bits per heavy atom. The average molecular weight is 235 g/mol. The van der Waals surface area contributed by atoms with Crippen molar-refractivity contribution in [3.8, 4) is 0 Å². The molecule has 0 aromatic carbocycles. The van der Waals surface area contributed by atoms with Crippen LogP contribution in [-0.4, -0.2) is 25.8 Å². The molecular formula is C8H20NOY-. The summed E-state index contributed by atoms with van der Waals surface area (Å²) in [5, 5.41) is 4.17. The zero-order valence-electron chi connectivity index (χ0n) is 7.51.